The second-order valence-electron chi connectivity index (χ2n) is 5.51. The van der Waals surface area contributed by atoms with Crippen molar-refractivity contribution in [3.63, 3.8) is 0 Å². The molecule has 17 heavy (non-hydrogen) atoms. The van der Waals surface area contributed by atoms with Gasteiger partial charge >= 0.3 is 0 Å². The number of hydrogen-bond donors (Lipinski definition) is 1. The Labute approximate surface area is 103 Å². The summed E-state index contributed by atoms with van der Waals surface area (Å²) in [6.45, 7) is 6.41. The molecule has 4 unspecified atom stereocenters. The Bertz CT molecular complexity index is 283. The third kappa shape index (κ3) is 2.47. The molecule has 2 fully saturated rings. The Hall–Kier alpha value is -0.610. The van der Waals surface area contributed by atoms with Crippen molar-refractivity contribution in [2.24, 2.45) is 17.6 Å². The van der Waals surface area contributed by atoms with Crippen LogP contribution in [-0.4, -0.2) is 42.6 Å². The van der Waals surface area contributed by atoms with Gasteiger partial charge in [0.25, 0.3) is 5.91 Å². The summed E-state index contributed by atoms with van der Waals surface area (Å²) in [5.41, 5.74) is 5.82. The molecule has 0 aromatic rings. The summed E-state index contributed by atoms with van der Waals surface area (Å²) in [5, 5.41) is 0. The van der Waals surface area contributed by atoms with Crippen molar-refractivity contribution < 1.29 is 9.53 Å². The van der Waals surface area contributed by atoms with E-state index in [9.17, 15) is 4.79 Å². The minimum Gasteiger partial charge on any atom is -0.368 e. The first-order valence-corrected chi connectivity index (χ1v) is 6.77. The molecule has 1 amide bonds. The SMILES string of the molecule is CC1CCOC1C(=O)N1CCCC(C)C1CN. The van der Waals surface area contributed by atoms with Gasteiger partial charge in [-0.2, -0.15) is 0 Å². The standard InChI is InChI=1S/C13H24N2O2/c1-9-4-3-6-15(11(9)8-14)13(16)12-10(2)5-7-17-12/h9-12H,3-8,14H2,1-2H3. The molecule has 2 heterocycles. The van der Waals surface area contributed by atoms with E-state index in [-0.39, 0.29) is 18.1 Å². The molecule has 0 aromatic heterocycles. The van der Waals surface area contributed by atoms with Gasteiger partial charge in [0, 0.05) is 25.7 Å². The third-order valence-electron chi connectivity index (χ3n) is 4.27. The molecule has 2 aliphatic rings. The summed E-state index contributed by atoms with van der Waals surface area (Å²) < 4.78 is 5.58. The summed E-state index contributed by atoms with van der Waals surface area (Å²) in [5.74, 6) is 1.02. The fourth-order valence-corrected chi connectivity index (χ4v) is 3.06. The number of rotatable bonds is 2. The number of carbonyl (C=O) groups excluding carboxylic acids is 1. The van der Waals surface area contributed by atoms with Gasteiger partial charge in [0.2, 0.25) is 0 Å². The van der Waals surface area contributed by atoms with Gasteiger partial charge in [-0.25, -0.2) is 0 Å². The number of nitrogens with two attached hydrogens (primary N) is 1. The molecule has 0 aliphatic carbocycles. The molecular weight excluding hydrogens is 216 g/mol. The second kappa shape index (κ2) is 5.36. The number of nitrogens with zero attached hydrogens (tertiary/aromatic N) is 1. The zero-order valence-corrected chi connectivity index (χ0v) is 10.9. The van der Waals surface area contributed by atoms with Crippen molar-refractivity contribution in [2.75, 3.05) is 19.7 Å². The van der Waals surface area contributed by atoms with Crippen LogP contribution in [0.4, 0.5) is 0 Å². The van der Waals surface area contributed by atoms with E-state index in [0.29, 0.717) is 25.0 Å². The Kier molecular flexibility index (Phi) is 4.05. The number of ether oxygens (including phenoxy) is 1. The summed E-state index contributed by atoms with van der Waals surface area (Å²) in [4.78, 5) is 14.4. The smallest absolute Gasteiger partial charge is 0.252 e. The molecule has 98 valence electrons. The van der Waals surface area contributed by atoms with Crippen molar-refractivity contribution >= 4 is 5.91 Å². The van der Waals surface area contributed by atoms with E-state index in [0.717, 1.165) is 19.4 Å². The first kappa shape index (κ1) is 12.8. The molecule has 0 aromatic carbocycles. The average Bonchev–Trinajstić information content (AvgIpc) is 2.74. The summed E-state index contributed by atoms with van der Waals surface area (Å²) >= 11 is 0. The normalized spacial score (nSPS) is 38.4. The highest BCUT2D eigenvalue weighted by atomic mass is 16.5. The quantitative estimate of drug-likeness (QED) is 0.783. The number of piperidine rings is 1. The molecular formula is C13H24N2O2. The van der Waals surface area contributed by atoms with Crippen LogP contribution in [0.25, 0.3) is 0 Å². The topological polar surface area (TPSA) is 55.6 Å². The summed E-state index contributed by atoms with van der Waals surface area (Å²) in [6.07, 6.45) is 3.03. The molecule has 2 N–H and O–H groups in total. The molecule has 2 aliphatic heterocycles. The van der Waals surface area contributed by atoms with Crippen LogP contribution in [0.15, 0.2) is 0 Å². The molecule has 4 nitrogen and oxygen atoms in total. The highest BCUT2D eigenvalue weighted by molar-refractivity contribution is 5.82. The summed E-state index contributed by atoms with van der Waals surface area (Å²) in [6, 6.07) is 0.202. The number of likely N-dealkylation sites (tertiary alicyclic amines) is 1. The minimum absolute atomic E-state index is 0.164. The predicted molar refractivity (Wildman–Crippen MR) is 66.5 cm³/mol. The van der Waals surface area contributed by atoms with Crippen molar-refractivity contribution in [3.05, 3.63) is 0 Å². The molecule has 0 radical (unpaired) electrons. The van der Waals surface area contributed by atoms with Gasteiger partial charge in [0.15, 0.2) is 0 Å². The van der Waals surface area contributed by atoms with Gasteiger partial charge in [-0.1, -0.05) is 13.8 Å². The van der Waals surface area contributed by atoms with Crippen LogP contribution in [0, 0.1) is 11.8 Å². The van der Waals surface area contributed by atoms with Gasteiger partial charge in [0.05, 0.1) is 0 Å². The highest BCUT2D eigenvalue weighted by Crippen LogP contribution is 2.27. The van der Waals surface area contributed by atoms with E-state index in [4.69, 9.17) is 10.5 Å². The maximum atomic E-state index is 12.5. The second-order valence-corrected chi connectivity index (χ2v) is 5.51. The van der Waals surface area contributed by atoms with Crippen LogP contribution in [0.5, 0.6) is 0 Å². The number of hydrogen-bond acceptors (Lipinski definition) is 3. The van der Waals surface area contributed by atoms with E-state index < -0.39 is 0 Å². The predicted octanol–water partition coefficient (Wildman–Crippen LogP) is 0.997. The van der Waals surface area contributed by atoms with Crippen LogP contribution >= 0.6 is 0 Å². The van der Waals surface area contributed by atoms with Crippen LogP contribution in [0.3, 0.4) is 0 Å². The monoisotopic (exact) mass is 240 g/mol. The Morgan fingerprint density at radius 2 is 2.12 bits per heavy atom. The van der Waals surface area contributed by atoms with Gasteiger partial charge < -0.3 is 15.4 Å². The maximum Gasteiger partial charge on any atom is 0.252 e. The zero-order chi connectivity index (χ0) is 12.4. The lowest BCUT2D eigenvalue weighted by Crippen LogP contribution is -2.54. The Morgan fingerprint density at radius 3 is 2.71 bits per heavy atom. The van der Waals surface area contributed by atoms with E-state index in [1.807, 2.05) is 4.90 Å². The van der Waals surface area contributed by atoms with Gasteiger partial charge in [-0.3, -0.25) is 4.79 Å². The molecule has 2 saturated heterocycles. The number of amides is 1. The fraction of sp³-hybridized carbons (Fsp3) is 0.923. The van der Waals surface area contributed by atoms with Crippen LogP contribution in [0.2, 0.25) is 0 Å². The van der Waals surface area contributed by atoms with E-state index in [1.165, 1.54) is 6.42 Å². The van der Waals surface area contributed by atoms with Gasteiger partial charge in [-0.15, -0.1) is 0 Å². The number of carbonyl (C=O) groups is 1. The molecule has 0 bridgehead atoms. The average molecular weight is 240 g/mol. The third-order valence-corrected chi connectivity index (χ3v) is 4.27. The molecule has 4 atom stereocenters. The van der Waals surface area contributed by atoms with Crippen molar-refractivity contribution in [2.45, 2.75) is 45.3 Å². The van der Waals surface area contributed by atoms with E-state index in [2.05, 4.69) is 13.8 Å². The first-order chi connectivity index (χ1) is 8.15. The molecule has 0 saturated carbocycles. The molecule has 4 heteroatoms. The van der Waals surface area contributed by atoms with Crippen LogP contribution < -0.4 is 5.73 Å². The maximum absolute atomic E-state index is 12.5. The summed E-state index contributed by atoms with van der Waals surface area (Å²) in [7, 11) is 0. The largest absolute Gasteiger partial charge is 0.368 e. The molecule has 2 rings (SSSR count). The van der Waals surface area contributed by atoms with Crippen molar-refractivity contribution in [1.29, 1.82) is 0 Å². The lowest BCUT2D eigenvalue weighted by molar-refractivity contribution is -0.147. The Balaban J connectivity index is 2.06. The molecule has 0 spiro atoms. The lowest BCUT2D eigenvalue weighted by atomic mass is 9.89. The van der Waals surface area contributed by atoms with Crippen LogP contribution in [-0.2, 0) is 9.53 Å². The van der Waals surface area contributed by atoms with E-state index in [1.54, 1.807) is 0 Å². The fourth-order valence-electron chi connectivity index (χ4n) is 3.06. The van der Waals surface area contributed by atoms with Gasteiger partial charge in [0.1, 0.15) is 6.10 Å². The highest BCUT2D eigenvalue weighted by Gasteiger charge is 2.38. The van der Waals surface area contributed by atoms with Crippen molar-refractivity contribution in [3.8, 4) is 0 Å². The lowest BCUT2D eigenvalue weighted by Gasteiger charge is -2.40. The van der Waals surface area contributed by atoms with E-state index >= 15 is 0 Å². The minimum atomic E-state index is -0.227. The van der Waals surface area contributed by atoms with Crippen LogP contribution in [0.1, 0.15) is 33.1 Å². The van der Waals surface area contributed by atoms with Crippen molar-refractivity contribution in [1.82, 2.24) is 4.90 Å². The zero-order valence-electron chi connectivity index (χ0n) is 10.9. The first-order valence-electron chi connectivity index (χ1n) is 6.77. The van der Waals surface area contributed by atoms with Gasteiger partial charge in [-0.05, 0) is 31.1 Å². The Morgan fingerprint density at radius 1 is 1.35 bits per heavy atom.